The highest BCUT2D eigenvalue weighted by atomic mass is 32.2. The fourth-order valence-corrected chi connectivity index (χ4v) is 4.28. The Morgan fingerprint density at radius 2 is 1.90 bits per heavy atom. The number of benzene rings is 1. The molecule has 0 aliphatic carbocycles. The molecular formula is C21H19N5OS2. The van der Waals surface area contributed by atoms with Crippen LogP contribution >= 0.6 is 23.1 Å². The summed E-state index contributed by atoms with van der Waals surface area (Å²) in [4.78, 5) is 17.6. The van der Waals surface area contributed by atoms with Crippen LogP contribution in [0.3, 0.4) is 0 Å². The van der Waals surface area contributed by atoms with E-state index in [1.807, 2.05) is 70.6 Å². The summed E-state index contributed by atoms with van der Waals surface area (Å²) in [6.45, 7) is 0.558. The molecule has 1 amide bonds. The first-order valence-electron chi connectivity index (χ1n) is 9.15. The normalized spacial score (nSPS) is 10.8. The van der Waals surface area contributed by atoms with Crippen molar-refractivity contribution in [3.8, 4) is 16.4 Å². The Balaban J connectivity index is 1.43. The molecule has 0 unspecified atom stereocenters. The quantitative estimate of drug-likeness (QED) is 0.438. The van der Waals surface area contributed by atoms with E-state index < -0.39 is 0 Å². The molecule has 1 N–H and O–H groups in total. The smallest absolute Gasteiger partial charge is 0.230 e. The number of hydrogen-bond acceptors (Lipinski definition) is 6. The maximum absolute atomic E-state index is 12.3. The molecule has 4 rings (SSSR count). The third-order valence-electron chi connectivity index (χ3n) is 4.15. The number of thiophene rings is 1. The van der Waals surface area contributed by atoms with Gasteiger partial charge in [0.05, 0.1) is 10.6 Å². The SMILES string of the molecule is O=C(CSc1nnc(-c2cccs2)n1-c1ccccc1)NCCc1ccccn1. The van der Waals surface area contributed by atoms with E-state index >= 15 is 0 Å². The van der Waals surface area contributed by atoms with Crippen LogP contribution in [0.15, 0.2) is 77.4 Å². The van der Waals surface area contributed by atoms with Crippen molar-refractivity contribution in [2.24, 2.45) is 0 Å². The van der Waals surface area contributed by atoms with Crippen LogP contribution in [0.2, 0.25) is 0 Å². The Kier molecular flexibility index (Phi) is 6.33. The van der Waals surface area contributed by atoms with Crippen molar-refractivity contribution in [1.82, 2.24) is 25.1 Å². The lowest BCUT2D eigenvalue weighted by Crippen LogP contribution is -2.27. The molecule has 3 aromatic heterocycles. The lowest BCUT2D eigenvalue weighted by atomic mass is 10.3. The molecule has 3 heterocycles. The van der Waals surface area contributed by atoms with Crippen LogP contribution in [0.1, 0.15) is 5.69 Å². The highest BCUT2D eigenvalue weighted by Gasteiger charge is 2.17. The predicted molar refractivity (Wildman–Crippen MR) is 116 cm³/mol. The first-order chi connectivity index (χ1) is 14.3. The summed E-state index contributed by atoms with van der Waals surface area (Å²) in [5, 5.41) is 14.4. The number of amides is 1. The molecule has 0 atom stereocenters. The Labute approximate surface area is 177 Å². The number of nitrogens with zero attached hydrogens (tertiary/aromatic N) is 4. The minimum absolute atomic E-state index is 0.0359. The standard InChI is InChI=1S/C21H19N5OS2/c27-19(23-13-11-16-7-4-5-12-22-16)15-29-21-25-24-20(18-10-6-14-28-18)26(21)17-8-2-1-3-9-17/h1-10,12,14H,11,13,15H2,(H,23,27). The predicted octanol–water partition coefficient (Wildman–Crippen LogP) is 3.84. The van der Waals surface area contributed by atoms with Crippen molar-refractivity contribution >= 4 is 29.0 Å². The van der Waals surface area contributed by atoms with Gasteiger partial charge in [0.2, 0.25) is 5.91 Å². The summed E-state index contributed by atoms with van der Waals surface area (Å²) in [7, 11) is 0. The average molecular weight is 422 g/mol. The molecule has 0 fully saturated rings. The van der Waals surface area contributed by atoms with Crippen LogP contribution < -0.4 is 5.32 Å². The molecule has 6 nitrogen and oxygen atoms in total. The molecule has 0 radical (unpaired) electrons. The van der Waals surface area contributed by atoms with Gasteiger partial charge in [0.1, 0.15) is 0 Å². The summed E-state index contributed by atoms with van der Waals surface area (Å²) in [5.41, 5.74) is 1.93. The molecule has 0 aliphatic heterocycles. The van der Waals surface area contributed by atoms with E-state index in [0.29, 0.717) is 18.1 Å². The second-order valence-electron chi connectivity index (χ2n) is 6.16. The largest absolute Gasteiger partial charge is 0.355 e. The monoisotopic (exact) mass is 421 g/mol. The summed E-state index contributed by atoms with van der Waals surface area (Å²) in [6.07, 6.45) is 2.47. The zero-order valence-electron chi connectivity index (χ0n) is 15.6. The van der Waals surface area contributed by atoms with E-state index in [4.69, 9.17) is 0 Å². The van der Waals surface area contributed by atoms with Crippen molar-refractivity contribution in [2.75, 3.05) is 12.3 Å². The second kappa shape index (κ2) is 9.49. The van der Waals surface area contributed by atoms with Crippen LogP contribution in [-0.4, -0.2) is 38.0 Å². The zero-order chi connectivity index (χ0) is 19.9. The van der Waals surface area contributed by atoms with E-state index in [2.05, 4.69) is 20.5 Å². The number of carbonyl (C=O) groups excluding carboxylic acids is 1. The Morgan fingerprint density at radius 1 is 1.03 bits per heavy atom. The van der Waals surface area contributed by atoms with Gasteiger partial charge < -0.3 is 5.32 Å². The number of nitrogens with one attached hydrogen (secondary N) is 1. The number of aromatic nitrogens is 4. The molecule has 4 aromatic rings. The van der Waals surface area contributed by atoms with Gasteiger partial charge in [-0.25, -0.2) is 0 Å². The minimum Gasteiger partial charge on any atom is -0.355 e. The molecule has 0 saturated carbocycles. The van der Waals surface area contributed by atoms with Crippen molar-refractivity contribution in [1.29, 1.82) is 0 Å². The fourth-order valence-electron chi connectivity index (χ4n) is 2.80. The number of hydrogen-bond donors (Lipinski definition) is 1. The van der Waals surface area contributed by atoms with Crippen molar-refractivity contribution in [2.45, 2.75) is 11.6 Å². The first-order valence-corrected chi connectivity index (χ1v) is 11.0. The van der Waals surface area contributed by atoms with Gasteiger partial charge in [0, 0.05) is 30.5 Å². The third-order valence-corrected chi connectivity index (χ3v) is 5.95. The van der Waals surface area contributed by atoms with Gasteiger partial charge in [-0.05, 0) is 35.7 Å². The molecule has 0 aliphatic rings. The number of carbonyl (C=O) groups is 1. The number of thioether (sulfide) groups is 1. The summed E-state index contributed by atoms with van der Waals surface area (Å²) < 4.78 is 2.00. The van der Waals surface area contributed by atoms with Crippen LogP contribution in [0, 0.1) is 0 Å². The van der Waals surface area contributed by atoms with Crippen LogP contribution in [0.5, 0.6) is 0 Å². The van der Waals surface area contributed by atoms with Crippen LogP contribution in [0.4, 0.5) is 0 Å². The topological polar surface area (TPSA) is 72.7 Å². The minimum atomic E-state index is -0.0359. The molecule has 8 heteroatoms. The molecule has 0 bridgehead atoms. The van der Waals surface area contributed by atoms with Gasteiger partial charge in [-0.1, -0.05) is 42.1 Å². The zero-order valence-corrected chi connectivity index (χ0v) is 17.2. The van der Waals surface area contributed by atoms with Crippen molar-refractivity contribution in [3.63, 3.8) is 0 Å². The van der Waals surface area contributed by atoms with E-state index in [9.17, 15) is 4.79 Å². The second-order valence-corrected chi connectivity index (χ2v) is 8.05. The van der Waals surface area contributed by atoms with Gasteiger partial charge >= 0.3 is 0 Å². The number of pyridine rings is 1. The summed E-state index contributed by atoms with van der Waals surface area (Å²) in [6, 6.07) is 19.7. The van der Waals surface area contributed by atoms with Gasteiger partial charge in [-0.15, -0.1) is 21.5 Å². The molecule has 0 spiro atoms. The highest BCUT2D eigenvalue weighted by Crippen LogP contribution is 2.30. The van der Waals surface area contributed by atoms with E-state index in [-0.39, 0.29) is 11.7 Å². The molecule has 0 saturated heterocycles. The van der Waals surface area contributed by atoms with E-state index in [1.165, 1.54) is 11.8 Å². The summed E-state index contributed by atoms with van der Waals surface area (Å²) >= 11 is 2.99. The fraction of sp³-hybridized carbons (Fsp3) is 0.143. The Morgan fingerprint density at radius 3 is 2.66 bits per heavy atom. The van der Waals surface area contributed by atoms with Gasteiger partial charge in [0.25, 0.3) is 0 Å². The maximum Gasteiger partial charge on any atom is 0.230 e. The van der Waals surface area contributed by atoms with Gasteiger partial charge in [0.15, 0.2) is 11.0 Å². The highest BCUT2D eigenvalue weighted by molar-refractivity contribution is 7.99. The third kappa shape index (κ3) is 4.90. The van der Waals surface area contributed by atoms with E-state index in [1.54, 1.807) is 17.5 Å². The van der Waals surface area contributed by atoms with Gasteiger partial charge in [-0.2, -0.15) is 0 Å². The molecule has 146 valence electrons. The van der Waals surface area contributed by atoms with Crippen LogP contribution in [-0.2, 0) is 11.2 Å². The molecule has 29 heavy (non-hydrogen) atoms. The van der Waals surface area contributed by atoms with Crippen LogP contribution in [0.25, 0.3) is 16.4 Å². The lowest BCUT2D eigenvalue weighted by Gasteiger charge is -2.09. The Bertz CT molecular complexity index is 1050. The average Bonchev–Trinajstić information content (AvgIpc) is 3.43. The maximum atomic E-state index is 12.3. The number of rotatable bonds is 8. The first kappa shape index (κ1) is 19.4. The van der Waals surface area contributed by atoms with E-state index in [0.717, 1.165) is 22.1 Å². The lowest BCUT2D eigenvalue weighted by molar-refractivity contribution is -0.118. The Hall–Kier alpha value is -2.97. The molecular weight excluding hydrogens is 402 g/mol. The van der Waals surface area contributed by atoms with Crippen molar-refractivity contribution in [3.05, 3.63) is 77.9 Å². The van der Waals surface area contributed by atoms with Gasteiger partial charge in [-0.3, -0.25) is 14.3 Å². The summed E-state index contributed by atoms with van der Waals surface area (Å²) in [5.74, 6) is 1.02. The molecule has 1 aromatic carbocycles. The van der Waals surface area contributed by atoms with Crippen molar-refractivity contribution < 1.29 is 4.79 Å². The number of para-hydroxylation sites is 1.